The zero-order chi connectivity index (χ0) is 19.9. The summed E-state index contributed by atoms with van der Waals surface area (Å²) >= 11 is 12.1. The van der Waals surface area contributed by atoms with E-state index < -0.39 is 6.04 Å². The van der Waals surface area contributed by atoms with Crippen LogP contribution >= 0.6 is 23.2 Å². The molecule has 1 unspecified atom stereocenters. The molecule has 1 heterocycles. The van der Waals surface area contributed by atoms with Crippen LogP contribution in [0.5, 0.6) is 0 Å². The van der Waals surface area contributed by atoms with Crippen molar-refractivity contribution in [3.8, 4) is 0 Å². The number of ether oxygens (including phenoxy) is 1. The summed E-state index contributed by atoms with van der Waals surface area (Å²) in [6.07, 6.45) is 1.62. The van der Waals surface area contributed by atoms with E-state index in [0.29, 0.717) is 28.9 Å². The Bertz CT molecular complexity index is 929. The van der Waals surface area contributed by atoms with Gasteiger partial charge in [0.1, 0.15) is 18.4 Å². The first kappa shape index (κ1) is 20.3. The lowest BCUT2D eigenvalue weighted by Crippen LogP contribution is -2.32. The largest absolute Gasteiger partial charge is 0.467 e. The summed E-state index contributed by atoms with van der Waals surface area (Å²) in [5.41, 5.74) is 2.29. The molecule has 0 radical (unpaired) electrons. The normalized spacial score (nSPS) is 11.8. The number of carbonyl (C=O) groups is 1. The van der Waals surface area contributed by atoms with Crippen LogP contribution in [0.2, 0.25) is 10.0 Å². The molecule has 3 rings (SSSR count). The number of anilines is 2. The topological polar surface area (TPSA) is 63.5 Å². The van der Waals surface area contributed by atoms with Crippen LogP contribution in [0.4, 0.5) is 11.4 Å². The Labute approximate surface area is 173 Å². The number of halogens is 2. The molecule has 5 nitrogen and oxygen atoms in total. The first-order chi connectivity index (χ1) is 13.5. The van der Waals surface area contributed by atoms with Crippen molar-refractivity contribution in [2.75, 3.05) is 10.6 Å². The fraction of sp³-hybridized carbons (Fsp3) is 0.190. The monoisotopic (exact) mass is 418 g/mol. The number of amides is 1. The van der Waals surface area contributed by atoms with Crippen molar-refractivity contribution in [2.24, 2.45) is 0 Å². The zero-order valence-electron chi connectivity index (χ0n) is 15.2. The molecular formula is C21H20Cl2N2O3. The van der Waals surface area contributed by atoms with E-state index in [4.69, 9.17) is 32.4 Å². The van der Waals surface area contributed by atoms with Crippen LogP contribution in [-0.2, 0) is 22.7 Å². The van der Waals surface area contributed by atoms with Gasteiger partial charge >= 0.3 is 0 Å². The Hall–Kier alpha value is -2.47. The predicted octanol–water partition coefficient (Wildman–Crippen LogP) is 5.74. The van der Waals surface area contributed by atoms with Crippen LogP contribution in [0.15, 0.2) is 65.3 Å². The predicted molar refractivity (Wildman–Crippen MR) is 112 cm³/mol. The van der Waals surface area contributed by atoms with Gasteiger partial charge in [0, 0.05) is 5.69 Å². The van der Waals surface area contributed by atoms with Gasteiger partial charge in [0.2, 0.25) is 5.91 Å². The number of rotatable bonds is 8. The van der Waals surface area contributed by atoms with E-state index in [1.165, 1.54) is 0 Å². The average molecular weight is 419 g/mol. The van der Waals surface area contributed by atoms with Gasteiger partial charge in [-0.05, 0) is 48.9 Å². The van der Waals surface area contributed by atoms with Crippen molar-refractivity contribution in [2.45, 2.75) is 26.2 Å². The van der Waals surface area contributed by atoms with Crippen molar-refractivity contribution >= 4 is 40.5 Å². The molecule has 0 aliphatic heterocycles. The SMILES string of the molecule is CC(Nc1cccc(COCc2ccco2)c1)C(=O)Nc1cccc(Cl)c1Cl. The maximum Gasteiger partial charge on any atom is 0.246 e. The van der Waals surface area contributed by atoms with Crippen LogP contribution < -0.4 is 10.6 Å². The molecule has 1 atom stereocenters. The van der Waals surface area contributed by atoms with Gasteiger partial charge in [0.15, 0.2) is 0 Å². The highest BCUT2D eigenvalue weighted by Gasteiger charge is 2.15. The minimum absolute atomic E-state index is 0.219. The molecule has 0 aliphatic rings. The van der Waals surface area contributed by atoms with Crippen molar-refractivity contribution in [3.63, 3.8) is 0 Å². The van der Waals surface area contributed by atoms with Crippen molar-refractivity contribution in [3.05, 3.63) is 82.2 Å². The molecule has 1 aromatic heterocycles. The van der Waals surface area contributed by atoms with Gasteiger partial charge in [-0.2, -0.15) is 0 Å². The molecule has 3 aromatic rings. The fourth-order valence-corrected chi connectivity index (χ4v) is 2.92. The van der Waals surface area contributed by atoms with E-state index in [1.807, 2.05) is 36.4 Å². The minimum Gasteiger partial charge on any atom is -0.467 e. The summed E-state index contributed by atoms with van der Waals surface area (Å²) in [6.45, 7) is 2.62. The molecule has 0 saturated heterocycles. The van der Waals surface area contributed by atoms with Crippen molar-refractivity contribution in [1.82, 2.24) is 0 Å². The average Bonchev–Trinajstić information content (AvgIpc) is 3.19. The summed E-state index contributed by atoms with van der Waals surface area (Å²) in [6, 6.07) is 16.0. The van der Waals surface area contributed by atoms with Crippen LogP contribution in [0.1, 0.15) is 18.2 Å². The first-order valence-corrected chi connectivity index (χ1v) is 9.49. The summed E-state index contributed by atoms with van der Waals surface area (Å²) in [4.78, 5) is 12.5. The van der Waals surface area contributed by atoms with E-state index in [9.17, 15) is 4.79 Å². The molecule has 146 valence electrons. The number of furan rings is 1. The van der Waals surface area contributed by atoms with E-state index in [2.05, 4.69) is 10.6 Å². The lowest BCUT2D eigenvalue weighted by Gasteiger charge is -2.17. The highest BCUT2D eigenvalue weighted by atomic mass is 35.5. The first-order valence-electron chi connectivity index (χ1n) is 8.73. The van der Waals surface area contributed by atoms with Gasteiger partial charge in [-0.15, -0.1) is 0 Å². The number of carbonyl (C=O) groups excluding carboxylic acids is 1. The Morgan fingerprint density at radius 1 is 1.11 bits per heavy atom. The van der Waals surface area contributed by atoms with Crippen molar-refractivity contribution in [1.29, 1.82) is 0 Å². The maximum atomic E-state index is 12.5. The Morgan fingerprint density at radius 3 is 2.71 bits per heavy atom. The standard InChI is InChI=1S/C21H20Cl2N2O3/c1-14(21(26)25-19-9-3-8-18(22)20(19)23)24-16-6-2-5-15(11-16)12-27-13-17-7-4-10-28-17/h2-11,14,24H,12-13H2,1H3,(H,25,26). The molecule has 7 heteroatoms. The van der Waals surface area contributed by atoms with Crippen LogP contribution in [0, 0.1) is 0 Å². The lowest BCUT2D eigenvalue weighted by atomic mass is 10.2. The quantitative estimate of drug-likeness (QED) is 0.489. The van der Waals surface area contributed by atoms with E-state index in [1.54, 1.807) is 31.4 Å². The van der Waals surface area contributed by atoms with Gasteiger partial charge in [0.25, 0.3) is 0 Å². The molecule has 0 bridgehead atoms. The molecule has 1 amide bonds. The van der Waals surface area contributed by atoms with Gasteiger partial charge in [-0.1, -0.05) is 41.4 Å². The van der Waals surface area contributed by atoms with Gasteiger partial charge in [-0.3, -0.25) is 4.79 Å². The highest BCUT2D eigenvalue weighted by molar-refractivity contribution is 6.44. The zero-order valence-corrected chi connectivity index (χ0v) is 16.8. The molecular weight excluding hydrogens is 399 g/mol. The smallest absolute Gasteiger partial charge is 0.246 e. The molecule has 0 spiro atoms. The molecule has 0 fully saturated rings. The van der Waals surface area contributed by atoms with E-state index in [0.717, 1.165) is 17.0 Å². The van der Waals surface area contributed by atoms with Gasteiger partial charge in [0.05, 0.1) is 28.6 Å². The van der Waals surface area contributed by atoms with Gasteiger partial charge in [-0.25, -0.2) is 0 Å². The third-order valence-electron chi connectivity index (χ3n) is 4.01. The number of benzene rings is 2. The van der Waals surface area contributed by atoms with Crippen LogP contribution in [0.3, 0.4) is 0 Å². The minimum atomic E-state index is -0.477. The van der Waals surface area contributed by atoms with Crippen LogP contribution in [-0.4, -0.2) is 11.9 Å². The van der Waals surface area contributed by atoms with Gasteiger partial charge < -0.3 is 19.8 Å². The number of nitrogens with one attached hydrogen (secondary N) is 2. The lowest BCUT2D eigenvalue weighted by molar-refractivity contribution is -0.116. The summed E-state index contributed by atoms with van der Waals surface area (Å²) in [7, 11) is 0. The van der Waals surface area contributed by atoms with E-state index >= 15 is 0 Å². The molecule has 0 aliphatic carbocycles. The molecule has 2 N–H and O–H groups in total. The number of hydrogen-bond acceptors (Lipinski definition) is 4. The second kappa shape index (κ2) is 9.64. The van der Waals surface area contributed by atoms with Crippen molar-refractivity contribution < 1.29 is 13.9 Å². The summed E-state index contributed by atoms with van der Waals surface area (Å²) in [5.74, 6) is 0.558. The second-order valence-corrected chi connectivity index (χ2v) is 7.01. The molecule has 0 saturated carbocycles. The van der Waals surface area contributed by atoms with E-state index in [-0.39, 0.29) is 5.91 Å². The second-order valence-electron chi connectivity index (χ2n) is 6.23. The maximum absolute atomic E-state index is 12.5. The Balaban J connectivity index is 1.55. The summed E-state index contributed by atoms with van der Waals surface area (Å²) < 4.78 is 10.9. The summed E-state index contributed by atoms with van der Waals surface area (Å²) in [5, 5.41) is 6.67. The molecule has 2 aromatic carbocycles. The van der Waals surface area contributed by atoms with Crippen LogP contribution in [0.25, 0.3) is 0 Å². The third kappa shape index (κ3) is 5.52. The Morgan fingerprint density at radius 2 is 1.93 bits per heavy atom. The highest BCUT2D eigenvalue weighted by Crippen LogP contribution is 2.29. The number of hydrogen-bond donors (Lipinski definition) is 2. The third-order valence-corrected chi connectivity index (χ3v) is 4.82. The fourth-order valence-electron chi connectivity index (χ4n) is 2.57. The Kier molecular flexibility index (Phi) is 6.98. The molecule has 28 heavy (non-hydrogen) atoms.